The highest BCUT2D eigenvalue weighted by Gasteiger charge is 2.41. The molecule has 7 rings (SSSR count). The van der Waals surface area contributed by atoms with Crippen LogP contribution in [0.1, 0.15) is 46.2 Å². The van der Waals surface area contributed by atoms with Gasteiger partial charge in [-0.2, -0.15) is 0 Å². The van der Waals surface area contributed by atoms with E-state index in [9.17, 15) is 0 Å². The van der Waals surface area contributed by atoms with E-state index in [1.807, 2.05) is 0 Å². The number of rotatable bonds is 12. The van der Waals surface area contributed by atoms with Crippen LogP contribution in [0.15, 0.2) is 194 Å². The van der Waals surface area contributed by atoms with Crippen LogP contribution in [0, 0.1) is 11.8 Å². The van der Waals surface area contributed by atoms with Crippen LogP contribution in [-0.2, 0) is 20.7 Å². The molecule has 0 fully saturated rings. The standard InChI is InChI=1S/C46H42O2/c1-7-23-39(24-8-1)45(40-25-9-2-10-26-40,41-27-11-3-12-28-41)47-35-37-21-19-20-22-38(37)36-48-46(42-29-13-4-14-30-42,43-31-15-5-16-32-43)44-33-17-6-18-34-44/h1-20,23-34,37-38H,21-22,35-36H2. The zero-order valence-electron chi connectivity index (χ0n) is 27.3. The molecule has 238 valence electrons. The Labute approximate surface area is 285 Å². The molecule has 0 radical (unpaired) electrons. The lowest BCUT2D eigenvalue weighted by molar-refractivity contribution is -0.0536. The SMILES string of the molecule is C1=CCC(COC(c2ccccc2)(c2ccccc2)c2ccccc2)C(COC(c2ccccc2)(c2ccccc2)c2ccccc2)C1. The van der Waals surface area contributed by atoms with E-state index in [0.717, 1.165) is 46.2 Å². The van der Waals surface area contributed by atoms with E-state index in [0.29, 0.717) is 13.2 Å². The van der Waals surface area contributed by atoms with Gasteiger partial charge in [0.25, 0.3) is 0 Å². The molecule has 6 aromatic rings. The molecule has 1 aliphatic rings. The summed E-state index contributed by atoms with van der Waals surface area (Å²) >= 11 is 0. The normalized spacial score (nSPS) is 16.4. The molecule has 0 N–H and O–H groups in total. The molecular weight excluding hydrogens is 585 g/mol. The second-order valence-corrected chi connectivity index (χ2v) is 12.6. The molecular formula is C46H42O2. The Kier molecular flexibility index (Phi) is 9.75. The molecule has 48 heavy (non-hydrogen) atoms. The quantitative estimate of drug-likeness (QED) is 0.0994. The van der Waals surface area contributed by atoms with E-state index in [4.69, 9.17) is 9.47 Å². The van der Waals surface area contributed by atoms with Crippen LogP contribution in [0.25, 0.3) is 0 Å². The Morgan fingerprint density at radius 2 is 0.542 bits per heavy atom. The second-order valence-electron chi connectivity index (χ2n) is 12.6. The van der Waals surface area contributed by atoms with E-state index in [1.54, 1.807) is 0 Å². The minimum atomic E-state index is -0.752. The van der Waals surface area contributed by atoms with Crippen molar-refractivity contribution < 1.29 is 9.47 Å². The molecule has 2 atom stereocenters. The summed E-state index contributed by atoms with van der Waals surface area (Å²) < 4.78 is 14.7. The van der Waals surface area contributed by atoms with E-state index in [-0.39, 0.29) is 11.8 Å². The van der Waals surface area contributed by atoms with E-state index in [2.05, 4.69) is 194 Å². The first-order chi connectivity index (χ1) is 23.8. The lowest BCUT2D eigenvalue weighted by Gasteiger charge is -2.40. The Hall–Kier alpha value is -5.02. The summed E-state index contributed by atoms with van der Waals surface area (Å²) in [6.07, 6.45) is 6.52. The monoisotopic (exact) mass is 626 g/mol. The highest BCUT2D eigenvalue weighted by Crippen LogP contribution is 2.44. The van der Waals surface area contributed by atoms with Gasteiger partial charge in [-0.15, -0.1) is 0 Å². The fourth-order valence-corrected chi connectivity index (χ4v) is 7.34. The van der Waals surface area contributed by atoms with E-state index >= 15 is 0 Å². The van der Waals surface area contributed by atoms with Gasteiger partial charge in [-0.05, 0) is 58.1 Å². The molecule has 2 nitrogen and oxygen atoms in total. The third kappa shape index (κ3) is 6.30. The first-order valence-corrected chi connectivity index (χ1v) is 17.1. The van der Waals surface area contributed by atoms with Gasteiger partial charge in [0, 0.05) is 0 Å². The topological polar surface area (TPSA) is 18.5 Å². The fraction of sp³-hybridized carbons (Fsp3) is 0.174. The van der Waals surface area contributed by atoms with Gasteiger partial charge in [-0.25, -0.2) is 0 Å². The van der Waals surface area contributed by atoms with Crippen LogP contribution in [0.5, 0.6) is 0 Å². The number of allylic oxidation sites excluding steroid dienone is 2. The Morgan fingerprint density at radius 3 is 0.750 bits per heavy atom. The maximum atomic E-state index is 7.35. The van der Waals surface area contributed by atoms with Crippen LogP contribution in [-0.4, -0.2) is 13.2 Å². The van der Waals surface area contributed by atoms with Crippen molar-refractivity contribution in [3.63, 3.8) is 0 Å². The van der Waals surface area contributed by atoms with Gasteiger partial charge in [0.05, 0.1) is 13.2 Å². The van der Waals surface area contributed by atoms with E-state index < -0.39 is 11.2 Å². The summed E-state index contributed by atoms with van der Waals surface area (Å²) in [7, 11) is 0. The van der Waals surface area contributed by atoms with Crippen LogP contribution in [0.3, 0.4) is 0 Å². The largest absolute Gasteiger partial charge is 0.361 e. The predicted molar refractivity (Wildman–Crippen MR) is 196 cm³/mol. The van der Waals surface area contributed by atoms with Crippen LogP contribution in [0.2, 0.25) is 0 Å². The van der Waals surface area contributed by atoms with Crippen molar-refractivity contribution in [1.82, 2.24) is 0 Å². The molecule has 2 unspecified atom stereocenters. The molecule has 0 saturated carbocycles. The maximum absolute atomic E-state index is 7.35. The summed E-state index contributed by atoms with van der Waals surface area (Å²) in [5.74, 6) is 0.538. The third-order valence-corrected chi connectivity index (χ3v) is 9.82. The van der Waals surface area contributed by atoms with Gasteiger partial charge < -0.3 is 9.47 Å². The molecule has 0 spiro atoms. The summed E-state index contributed by atoms with van der Waals surface area (Å²) in [5.41, 5.74) is 5.23. The van der Waals surface area contributed by atoms with Crippen molar-refractivity contribution in [2.24, 2.45) is 11.8 Å². The second kappa shape index (κ2) is 14.8. The number of ether oxygens (including phenoxy) is 2. The van der Waals surface area contributed by atoms with Crippen molar-refractivity contribution in [3.05, 3.63) is 228 Å². The highest BCUT2D eigenvalue weighted by atomic mass is 16.5. The summed E-state index contributed by atoms with van der Waals surface area (Å²) in [6, 6.07) is 64.0. The predicted octanol–water partition coefficient (Wildman–Crippen LogP) is 10.6. The number of hydrogen-bond acceptors (Lipinski definition) is 2. The number of hydrogen-bond donors (Lipinski definition) is 0. The van der Waals surface area contributed by atoms with Crippen molar-refractivity contribution >= 4 is 0 Å². The first-order valence-electron chi connectivity index (χ1n) is 17.1. The summed E-state index contributed by atoms with van der Waals surface area (Å²) in [6.45, 7) is 1.18. The summed E-state index contributed by atoms with van der Waals surface area (Å²) in [4.78, 5) is 0. The van der Waals surface area contributed by atoms with E-state index in [1.165, 1.54) is 0 Å². The van der Waals surface area contributed by atoms with Gasteiger partial charge in [-0.1, -0.05) is 194 Å². The molecule has 0 aromatic heterocycles. The van der Waals surface area contributed by atoms with Crippen molar-refractivity contribution in [1.29, 1.82) is 0 Å². The minimum Gasteiger partial charge on any atom is -0.361 e. The Balaban J connectivity index is 1.24. The summed E-state index contributed by atoms with van der Waals surface area (Å²) in [5, 5.41) is 0. The lowest BCUT2D eigenvalue weighted by Crippen LogP contribution is -2.39. The first kappa shape index (κ1) is 31.6. The smallest absolute Gasteiger partial charge is 0.143 e. The zero-order chi connectivity index (χ0) is 32.5. The third-order valence-electron chi connectivity index (χ3n) is 9.82. The minimum absolute atomic E-state index is 0.269. The van der Waals surface area contributed by atoms with Crippen LogP contribution in [0.4, 0.5) is 0 Å². The van der Waals surface area contributed by atoms with Gasteiger partial charge in [-0.3, -0.25) is 0 Å². The fourth-order valence-electron chi connectivity index (χ4n) is 7.34. The van der Waals surface area contributed by atoms with Crippen molar-refractivity contribution in [3.8, 4) is 0 Å². The zero-order valence-corrected chi connectivity index (χ0v) is 27.3. The average Bonchev–Trinajstić information content (AvgIpc) is 3.18. The number of benzene rings is 6. The molecule has 0 aliphatic heterocycles. The van der Waals surface area contributed by atoms with Gasteiger partial charge >= 0.3 is 0 Å². The van der Waals surface area contributed by atoms with Gasteiger partial charge in [0.2, 0.25) is 0 Å². The Bertz CT molecular complexity index is 1520. The molecule has 0 bridgehead atoms. The maximum Gasteiger partial charge on any atom is 0.143 e. The highest BCUT2D eigenvalue weighted by molar-refractivity contribution is 5.49. The van der Waals surface area contributed by atoms with Gasteiger partial charge in [0.15, 0.2) is 0 Å². The lowest BCUT2D eigenvalue weighted by atomic mass is 9.78. The Morgan fingerprint density at radius 1 is 0.333 bits per heavy atom. The molecule has 1 aliphatic carbocycles. The van der Waals surface area contributed by atoms with Gasteiger partial charge in [0.1, 0.15) is 11.2 Å². The molecule has 0 saturated heterocycles. The van der Waals surface area contributed by atoms with Crippen molar-refractivity contribution in [2.75, 3.05) is 13.2 Å². The molecule has 0 heterocycles. The van der Waals surface area contributed by atoms with Crippen molar-refractivity contribution in [2.45, 2.75) is 24.0 Å². The average molecular weight is 627 g/mol. The van der Waals surface area contributed by atoms with Crippen LogP contribution >= 0.6 is 0 Å². The van der Waals surface area contributed by atoms with Crippen LogP contribution < -0.4 is 0 Å². The molecule has 6 aromatic carbocycles. The molecule has 2 heteroatoms. The molecule has 0 amide bonds.